The van der Waals surface area contributed by atoms with Crippen LogP contribution in [-0.2, 0) is 5.41 Å². The molecule has 0 aliphatic heterocycles. The average Bonchev–Trinajstić information content (AvgIpc) is 2.28. The van der Waals surface area contributed by atoms with E-state index in [2.05, 4.69) is 50.0 Å². The van der Waals surface area contributed by atoms with Crippen LogP contribution in [0.5, 0.6) is 0 Å². The minimum absolute atomic E-state index is 0.255. The maximum Gasteiger partial charge on any atom is 0.0379 e. The number of aryl methyl sites for hydroxylation is 1. The molecule has 0 aliphatic carbocycles. The second-order valence-electron chi connectivity index (χ2n) is 5.13. The Hall–Kier alpha value is -1.37. The molecule has 2 rings (SSSR count). The first kappa shape index (κ1) is 11.1. The minimum atomic E-state index is 0.255. The van der Waals surface area contributed by atoms with Crippen LogP contribution in [-0.4, -0.2) is 4.98 Å². The molecular weight excluding hydrogens is 194 g/mol. The molecule has 0 saturated carbocycles. The van der Waals surface area contributed by atoms with Crippen molar-refractivity contribution >= 4 is 10.8 Å². The van der Waals surface area contributed by atoms with Gasteiger partial charge in [0.05, 0.1) is 0 Å². The smallest absolute Gasteiger partial charge is 0.0379 e. The molecular formula is C15H19N. The summed E-state index contributed by atoms with van der Waals surface area (Å²) in [7, 11) is 0. The van der Waals surface area contributed by atoms with Crippen LogP contribution in [0.25, 0.3) is 10.8 Å². The molecule has 0 saturated heterocycles. The van der Waals surface area contributed by atoms with Gasteiger partial charge in [0, 0.05) is 17.3 Å². The van der Waals surface area contributed by atoms with Gasteiger partial charge in [-0.2, -0.15) is 0 Å². The topological polar surface area (TPSA) is 12.9 Å². The molecule has 0 radical (unpaired) electrons. The van der Waals surface area contributed by atoms with Crippen LogP contribution < -0.4 is 0 Å². The van der Waals surface area contributed by atoms with E-state index in [0.717, 1.165) is 12.1 Å². The third kappa shape index (κ3) is 1.95. The van der Waals surface area contributed by atoms with E-state index in [-0.39, 0.29) is 5.41 Å². The highest BCUT2D eigenvalue weighted by atomic mass is 14.6. The Balaban J connectivity index is 2.59. The lowest BCUT2D eigenvalue weighted by atomic mass is 9.81. The number of aromatic nitrogens is 1. The molecule has 0 spiro atoms. The molecule has 0 aliphatic rings. The molecule has 0 N–H and O–H groups in total. The van der Waals surface area contributed by atoms with Crippen LogP contribution in [0.1, 0.15) is 38.4 Å². The summed E-state index contributed by atoms with van der Waals surface area (Å²) in [5.41, 5.74) is 2.75. The van der Waals surface area contributed by atoms with E-state index in [0.29, 0.717) is 0 Å². The van der Waals surface area contributed by atoms with Gasteiger partial charge in [0.1, 0.15) is 0 Å². The Bertz CT molecular complexity index is 512. The Kier molecular flexibility index (Phi) is 2.71. The van der Waals surface area contributed by atoms with Crippen LogP contribution >= 0.6 is 0 Å². The summed E-state index contributed by atoms with van der Waals surface area (Å²) >= 11 is 0. The standard InChI is InChI=1S/C15H19N/c1-5-15(3,4)14-7-6-12-10-16-11(2)8-13(12)9-14/h6-10H,5H2,1-4H3. The van der Waals surface area contributed by atoms with E-state index < -0.39 is 0 Å². The van der Waals surface area contributed by atoms with Gasteiger partial charge in [0.25, 0.3) is 0 Å². The lowest BCUT2D eigenvalue weighted by molar-refractivity contribution is 0.507. The quantitative estimate of drug-likeness (QED) is 0.727. The predicted molar refractivity (Wildman–Crippen MR) is 69.8 cm³/mol. The average molecular weight is 213 g/mol. The second kappa shape index (κ2) is 3.89. The maximum absolute atomic E-state index is 4.32. The number of pyridine rings is 1. The molecule has 2 aromatic rings. The van der Waals surface area contributed by atoms with Gasteiger partial charge < -0.3 is 0 Å². The molecule has 0 atom stereocenters. The van der Waals surface area contributed by atoms with Gasteiger partial charge in [-0.05, 0) is 35.8 Å². The number of nitrogens with zero attached hydrogens (tertiary/aromatic N) is 1. The van der Waals surface area contributed by atoms with Gasteiger partial charge in [-0.15, -0.1) is 0 Å². The fourth-order valence-electron chi connectivity index (χ4n) is 1.88. The van der Waals surface area contributed by atoms with Crippen molar-refractivity contribution in [3.8, 4) is 0 Å². The lowest BCUT2D eigenvalue weighted by Gasteiger charge is -2.23. The fraction of sp³-hybridized carbons (Fsp3) is 0.400. The maximum atomic E-state index is 4.32. The molecule has 1 aromatic heterocycles. The third-order valence-electron chi connectivity index (χ3n) is 3.52. The molecule has 1 nitrogen and oxygen atoms in total. The SMILES string of the molecule is CCC(C)(C)c1ccc2cnc(C)cc2c1. The molecule has 1 heterocycles. The van der Waals surface area contributed by atoms with Crippen molar-refractivity contribution in [1.29, 1.82) is 0 Å². The zero-order valence-electron chi connectivity index (χ0n) is 10.5. The van der Waals surface area contributed by atoms with Crippen molar-refractivity contribution in [1.82, 2.24) is 4.98 Å². The van der Waals surface area contributed by atoms with E-state index in [1.165, 1.54) is 16.3 Å². The van der Waals surface area contributed by atoms with Crippen molar-refractivity contribution in [2.75, 3.05) is 0 Å². The molecule has 1 heteroatoms. The van der Waals surface area contributed by atoms with Gasteiger partial charge >= 0.3 is 0 Å². The number of hydrogen-bond acceptors (Lipinski definition) is 1. The number of rotatable bonds is 2. The van der Waals surface area contributed by atoms with Crippen LogP contribution in [0.15, 0.2) is 30.5 Å². The number of benzene rings is 1. The Morgan fingerprint density at radius 1 is 1.12 bits per heavy atom. The summed E-state index contributed by atoms with van der Waals surface area (Å²) in [6, 6.07) is 8.86. The molecule has 0 bridgehead atoms. The summed E-state index contributed by atoms with van der Waals surface area (Å²) in [6.07, 6.45) is 3.11. The largest absolute Gasteiger partial charge is 0.261 e. The summed E-state index contributed by atoms with van der Waals surface area (Å²) in [4.78, 5) is 4.32. The van der Waals surface area contributed by atoms with Gasteiger partial charge in [-0.3, -0.25) is 4.98 Å². The van der Waals surface area contributed by atoms with E-state index in [1.807, 2.05) is 13.1 Å². The normalized spacial score (nSPS) is 12.0. The molecule has 0 amide bonds. The molecule has 16 heavy (non-hydrogen) atoms. The monoisotopic (exact) mass is 213 g/mol. The predicted octanol–water partition coefficient (Wildman–Crippen LogP) is 4.23. The summed E-state index contributed by atoms with van der Waals surface area (Å²) in [5.74, 6) is 0. The van der Waals surface area contributed by atoms with Gasteiger partial charge in [-0.1, -0.05) is 39.0 Å². The van der Waals surface area contributed by atoms with Crippen molar-refractivity contribution in [3.05, 3.63) is 41.7 Å². The zero-order valence-corrected chi connectivity index (χ0v) is 10.5. The molecule has 1 aromatic carbocycles. The van der Waals surface area contributed by atoms with Crippen molar-refractivity contribution < 1.29 is 0 Å². The van der Waals surface area contributed by atoms with Crippen LogP contribution in [0, 0.1) is 6.92 Å². The summed E-state index contributed by atoms with van der Waals surface area (Å²) in [6.45, 7) is 8.86. The molecule has 84 valence electrons. The van der Waals surface area contributed by atoms with Crippen molar-refractivity contribution in [2.45, 2.75) is 39.5 Å². The first-order chi connectivity index (χ1) is 7.53. The summed E-state index contributed by atoms with van der Waals surface area (Å²) < 4.78 is 0. The van der Waals surface area contributed by atoms with E-state index in [9.17, 15) is 0 Å². The van der Waals surface area contributed by atoms with E-state index >= 15 is 0 Å². The number of fused-ring (bicyclic) bond motifs is 1. The van der Waals surface area contributed by atoms with Crippen LogP contribution in [0.3, 0.4) is 0 Å². The lowest BCUT2D eigenvalue weighted by Crippen LogP contribution is -2.15. The van der Waals surface area contributed by atoms with Gasteiger partial charge in [-0.25, -0.2) is 0 Å². The Morgan fingerprint density at radius 2 is 1.88 bits per heavy atom. The first-order valence-corrected chi connectivity index (χ1v) is 5.90. The highest BCUT2D eigenvalue weighted by Crippen LogP contribution is 2.29. The second-order valence-corrected chi connectivity index (χ2v) is 5.13. The van der Waals surface area contributed by atoms with E-state index in [1.54, 1.807) is 0 Å². The van der Waals surface area contributed by atoms with Gasteiger partial charge in [0.2, 0.25) is 0 Å². The zero-order chi connectivity index (χ0) is 11.8. The third-order valence-corrected chi connectivity index (χ3v) is 3.52. The minimum Gasteiger partial charge on any atom is -0.261 e. The molecule has 0 fully saturated rings. The van der Waals surface area contributed by atoms with Crippen LogP contribution in [0.4, 0.5) is 0 Å². The fourth-order valence-corrected chi connectivity index (χ4v) is 1.88. The van der Waals surface area contributed by atoms with Crippen molar-refractivity contribution in [2.24, 2.45) is 0 Å². The first-order valence-electron chi connectivity index (χ1n) is 5.90. The highest BCUT2D eigenvalue weighted by Gasteiger charge is 2.17. The highest BCUT2D eigenvalue weighted by molar-refractivity contribution is 5.82. The molecule has 0 unspecified atom stereocenters. The Morgan fingerprint density at radius 3 is 2.56 bits per heavy atom. The number of hydrogen-bond donors (Lipinski definition) is 0. The van der Waals surface area contributed by atoms with Crippen LogP contribution in [0.2, 0.25) is 0 Å². The van der Waals surface area contributed by atoms with Crippen molar-refractivity contribution in [3.63, 3.8) is 0 Å². The Labute approximate surface area is 97.5 Å². The summed E-state index contributed by atoms with van der Waals surface area (Å²) in [5, 5.41) is 2.52. The van der Waals surface area contributed by atoms with E-state index in [4.69, 9.17) is 0 Å². The van der Waals surface area contributed by atoms with Gasteiger partial charge in [0.15, 0.2) is 0 Å².